The number of hydrogen-bond acceptors (Lipinski definition) is 2. The van der Waals surface area contributed by atoms with E-state index in [0.717, 1.165) is 5.56 Å². The van der Waals surface area contributed by atoms with Crippen molar-refractivity contribution >= 4 is 12.0 Å². The van der Waals surface area contributed by atoms with E-state index in [1.54, 1.807) is 23.1 Å². The average Bonchev–Trinajstić information content (AvgIpc) is 2.68. The first kappa shape index (κ1) is 18.9. The van der Waals surface area contributed by atoms with E-state index in [1.807, 2.05) is 30.3 Å². The Morgan fingerprint density at radius 2 is 1.70 bits per heavy atom. The Morgan fingerprint density at radius 1 is 1.07 bits per heavy atom. The summed E-state index contributed by atoms with van der Waals surface area (Å²) in [6.07, 6.45) is 1.34. The number of halogens is 1. The summed E-state index contributed by atoms with van der Waals surface area (Å²) in [4.78, 5) is 25.4. The molecule has 0 spiro atoms. The molecule has 27 heavy (non-hydrogen) atoms. The van der Waals surface area contributed by atoms with Gasteiger partial charge in [0.1, 0.15) is 5.82 Å². The maximum atomic E-state index is 14.3. The highest BCUT2D eigenvalue weighted by Gasteiger charge is 2.28. The van der Waals surface area contributed by atoms with Crippen LogP contribution in [0.25, 0.3) is 0 Å². The van der Waals surface area contributed by atoms with Gasteiger partial charge in [-0.1, -0.05) is 48.5 Å². The Bertz CT molecular complexity index is 789. The molecule has 0 bridgehead atoms. The molecule has 0 radical (unpaired) electrons. The van der Waals surface area contributed by atoms with Gasteiger partial charge in [-0.2, -0.15) is 0 Å². The van der Waals surface area contributed by atoms with Crippen LogP contribution in [0.5, 0.6) is 0 Å². The molecule has 1 atom stereocenters. The maximum Gasteiger partial charge on any atom is 0.317 e. The Kier molecular flexibility index (Phi) is 6.06. The van der Waals surface area contributed by atoms with Crippen LogP contribution in [0, 0.1) is 11.7 Å². The summed E-state index contributed by atoms with van der Waals surface area (Å²) in [6, 6.07) is 15.3. The van der Waals surface area contributed by atoms with Crippen molar-refractivity contribution in [1.82, 2.24) is 10.2 Å². The first-order valence-electron chi connectivity index (χ1n) is 9.11. The van der Waals surface area contributed by atoms with E-state index in [4.69, 9.17) is 5.11 Å². The van der Waals surface area contributed by atoms with Crippen molar-refractivity contribution in [3.63, 3.8) is 0 Å². The van der Waals surface area contributed by atoms with Crippen molar-refractivity contribution in [3.05, 3.63) is 71.5 Å². The number of carboxylic acid groups (broad SMARTS) is 1. The highest BCUT2D eigenvalue weighted by Crippen LogP contribution is 2.23. The van der Waals surface area contributed by atoms with E-state index in [1.165, 1.54) is 6.07 Å². The minimum absolute atomic E-state index is 0.289. The number of urea groups is 1. The average molecular weight is 370 g/mol. The number of aliphatic carboxylic acids is 1. The number of likely N-dealkylation sites (tertiary alicyclic amines) is 1. The van der Waals surface area contributed by atoms with E-state index in [9.17, 15) is 14.0 Å². The number of hydrogen-bond donors (Lipinski definition) is 2. The maximum absolute atomic E-state index is 14.3. The molecular formula is C21H23FN2O3. The number of carbonyl (C=O) groups is 2. The number of rotatable bonds is 5. The molecule has 0 aliphatic carbocycles. The number of nitrogens with zero attached hydrogens (tertiary/aromatic N) is 1. The van der Waals surface area contributed by atoms with Crippen LogP contribution in [-0.4, -0.2) is 35.1 Å². The first-order valence-corrected chi connectivity index (χ1v) is 9.11. The first-order chi connectivity index (χ1) is 13.0. The third kappa shape index (κ3) is 4.84. The third-order valence-corrected chi connectivity index (χ3v) is 4.99. The lowest BCUT2D eigenvalue weighted by Gasteiger charge is -2.32. The summed E-state index contributed by atoms with van der Waals surface area (Å²) >= 11 is 0. The van der Waals surface area contributed by atoms with E-state index in [0.29, 0.717) is 37.9 Å². The predicted octanol–water partition coefficient (Wildman–Crippen LogP) is 3.62. The van der Waals surface area contributed by atoms with Crippen LogP contribution in [0.3, 0.4) is 0 Å². The van der Waals surface area contributed by atoms with Crippen LogP contribution >= 0.6 is 0 Å². The van der Waals surface area contributed by atoms with Gasteiger partial charge >= 0.3 is 12.0 Å². The molecule has 2 amide bonds. The van der Waals surface area contributed by atoms with Gasteiger partial charge in [0.05, 0.1) is 12.0 Å². The highest BCUT2D eigenvalue weighted by molar-refractivity contribution is 5.76. The largest absolute Gasteiger partial charge is 0.481 e. The van der Waals surface area contributed by atoms with Gasteiger partial charge in [-0.25, -0.2) is 9.18 Å². The second kappa shape index (κ2) is 8.66. The molecule has 1 heterocycles. The summed E-state index contributed by atoms with van der Waals surface area (Å²) in [5, 5.41) is 12.0. The normalized spacial score (nSPS) is 16.0. The molecule has 2 N–H and O–H groups in total. The zero-order valence-electron chi connectivity index (χ0n) is 15.0. The van der Waals surface area contributed by atoms with E-state index in [-0.39, 0.29) is 11.8 Å². The number of carbonyl (C=O) groups excluding carboxylic acids is 1. The Morgan fingerprint density at radius 3 is 2.33 bits per heavy atom. The molecule has 0 saturated carbocycles. The van der Waals surface area contributed by atoms with Gasteiger partial charge in [0.15, 0.2) is 0 Å². The molecule has 5 nitrogen and oxygen atoms in total. The third-order valence-electron chi connectivity index (χ3n) is 4.99. The number of amides is 2. The van der Waals surface area contributed by atoms with Gasteiger partial charge in [0, 0.05) is 18.7 Å². The fraction of sp³-hybridized carbons (Fsp3) is 0.333. The van der Waals surface area contributed by atoms with Crippen molar-refractivity contribution in [1.29, 1.82) is 0 Å². The molecule has 2 aromatic carbocycles. The Balaban J connectivity index is 1.72. The number of nitrogens with one attached hydrogen (secondary N) is 1. The zero-order chi connectivity index (χ0) is 19.2. The standard InChI is InChI=1S/C21H23FN2O3/c22-18-9-5-4-8-17(18)19(14-15-6-2-1-3-7-15)23-21(27)24-12-10-16(11-13-24)20(25)26/h1-9,16,19H,10-14H2,(H,23,27)(H,25,26). The van der Waals surface area contributed by atoms with Crippen molar-refractivity contribution in [2.45, 2.75) is 25.3 Å². The monoisotopic (exact) mass is 370 g/mol. The van der Waals surface area contributed by atoms with Crippen LogP contribution in [0.1, 0.15) is 30.0 Å². The molecular weight excluding hydrogens is 347 g/mol. The molecule has 142 valence electrons. The lowest BCUT2D eigenvalue weighted by atomic mass is 9.97. The summed E-state index contributed by atoms with van der Waals surface area (Å²) in [6.45, 7) is 0.774. The molecule has 1 fully saturated rings. The fourth-order valence-electron chi connectivity index (χ4n) is 3.42. The van der Waals surface area contributed by atoms with Crippen LogP contribution < -0.4 is 5.32 Å². The Hall–Kier alpha value is -2.89. The number of carboxylic acids is 1. The van der Waals surface area contributed by atoms with Crippen LogP contribution in [-0.2, 0) is 11.2 Å². The highest BCUT2D eigenvalue weighted by atomic mass is 19.1. The van der Waals surface area contributed by atoms with Crippen molar-refractivity contribution < 1.29 is 19.1 Å². The Labute approximate surface area is 157 Å². The van der Waals surface area contributed by atoms with E-state index in [2.05, 4.69) is 5.32 Å². The molecule has 1 unspecified atom stereocenters. The van der Waals surface area contributed by atoms with Gasteiger partial charge in [-0.3, -0.25) is 4.79 Å². The molecule has 0 aromatic heterocycles. The summed E-state index contributed by atoms with van der Waals surface area (Å²) in [5.74, 6) is -1.58. The molecule has 2 aromatic rings. The smallest absolute Gasteiger partial charge is 0.317 e. The van der Waals surface area contributed by atoms with Crippen molar-refractivity contribution in [3.8, 4) is 0 Å². The summed E-state index contributed by atoms with van der Waals surface area (Å²) in [5.41, 5.74) is 1.44. The zero-order valence-corrected chi connectivity index (χ0v) is 15.0. The lowest BCUT2D eigenvalue weighted by Crippen LogP contribution is -2.46. The SMILES string of the molecule is O=C(O)C1CCN(C(=O)NC(Cc2ccccc2)c2ccccc2F)CC1. The number of piperidine rings is 1. The van der Waals surface area contributed by atoms with E-state index < -0.39 is 17.9 Å². The second-order valence-electron chi connectivity index (χ2n) is 6.81. The molecule has 3 rings (SSSR count). The van der Waals surface area contributed by atoms with Gasteiger partial charge < -0.3 is 15.3 Å². The summed E-state index contributed by atoms with van der Waals surface area (Å²) in [7, 11) is 0. The molecule has 1 aliphatic heterocycles. The second-order valence-corrected chi connectivity index (χ2v) is 6.81. The summed E-state index contributed by atoms with van der Waals surface area (Å²) < 4.78 is 14.3. The molecule has 1 saturated heterocycles. The quantitative estimate of drug-likeness (QED) is 0.845. The molecule has 6 heteroatoms. The van der Waals surface area contributed by atoms with Crippen LogP contribution in [0.4, 0.5) is 9.18 Å². The van der Waals surface area contributed by atoms with Gasteiger partial charge in [0.25, 0.3) is 0 Å². The van der Waals surface area contributed by atoms with Crippen molar-refractivity contribution in [2.24, 2.45) is 5.92 Å². The van der Waals surface area contributed by atoms with Crippen LogP contribution in [0.15, 0.2) is 54.6 Å². The fourth-order valence-corrected chi connectivity index (χ4v) is 3.42. The topological polar surface area (TPSA) is 69.6 Å². The lowest BCUT2D eigenvalue weighted by molar-refractivity contribution is -0.143. The predicted molar refractivity (Wildman–Crippen MR) is 99.8 cm³/mol. The van der Waals surface area contributed by atoms with Gasteiger partial charge in [0.2, 0.25) is 0 Å². The van der Waals surface area contributed by atoms with E-state index >= 15 is 0 Å². The van der Waals surface area contributed by atoms with Gasteiger partial charge in [-0.05, 0) is 30.9 Å². The van der Waals surface area contributed by atoms with Gasteiger partial charge in [-0.15, -0.1) is 0 Å². The number of benzene rings is 2. The molecule has 1 aliphatic rings. The van der Waals surface area contributed by atoms with Crippen molar-refractivity contribution in [2.75, 3.05) is 13.1 Å². The minimum atomic E-state index is -0.816. The minimum Gasteiger partial charge on any atom is -0.481 e. The van der Waals surface area contributed by atoms with Crippen LogP contribution in [0.2, 0.25) is 0 Å².